The third kappa shape index (κ3) is 4.11. The first-order valence-corrected chi connectivity index (χ1v) is 5.77. The van der Waals surface area contributed by atoms with Gasteiger partial charge in [-0.25, -0.2) is 0 Å². The molecule has 1 atom stereocenters. The molecule has 1 aromatic carbocycles. The van der Waals surface area contributed by atoms with Gasteiger partial charge in [0.05, 0.1) is 17.5 Å². The van der Waals surface area contributed by atoms with Crippen LogP contribution in [0.5, 0.6) is 0 Å². The van der Waals surface area contributed by atoms with Gasteiger partial charge < -0.3 is 16.2 Å². The molecule has 0 aromatic heterocycles. The number of aliphatic hydroxyl groups is 1. The number of hydrogen-bond acceptors (Lipinski definition) is 3. The molecule has 0 fully saturated rings. The van der Waals surface area contributed by atoms with E-state index in [4.69, 9.17) is 5.73 Å². The Morgan fingerprint density at radius 1 is 1.38 bits per heavy atom. The molecule has 90 valence electrons. The van der Waals surface area contributed by atoms with Gasteiger partial charge in [-0.15, -0.1) is 0 Å². The highest BCUT2D eigenvalue weighted by atomic mass is 16.3. The molecule has 0 heterocycles. The van der Waals surface area contributed by atoms with Crippen molar-refractivity contribution in [2.75, 3.05) is 17.6 Å². The summed E-state index contributed by atoms with van der Waals surface area (Å²) in [6, 6.07) is 5.86. The summed E-state index contributed by atoms with van der Waals surface area (Å²) < 4.78 is 0. The van der Waals surface area contributed by atoms with Gasteiger partial charge in [0.15, 0.2) is 0 Å². The standard InChI is InChI=1S/C13H22N2O/c1-9(2)6-11(16)8-15-13-7-10(3)4-5-12(13)14/h4-5,7,9,11,15-16H,6,8,14H2,1-3H3. The fourth-order valence-corrected chi connectivity index (χ4v) is 1.68. The molecule has 0 aliphatic carbocycles. The lowest BCUT2D eigenvalue weighted by Crippen LogP contribution is -2.21. The number of benzene rings is 1. The Morgan fingerprint density at radius 2 is 2.06 bits per heavy atom. The minimum atomic E-state index is -0.320. The molecule has 0 spiro atoms. The second kappa shape index (κ2) is 5.75. The van der Waals surface area contributed by atoms with Crippen molar-refractivity contribution in [2.45, 2.75) is 33.3 Å². The van der Waals surface area contributed by atoms with E-state index in [0.29, 0.717) is 12.5 Å². The summed E-state index contributed by atoms with van der Waals surface area (Å²) in [6.07, 6.45) is 0.485. The maximum atomic E-state index is 9.74. The molecule has 0 aliphatic heterocycles. The van der Waals surface area contributed by atoms with Crippen molar-refractivity contribution in [3.63, 3.8) is 0 Å². The number of aryl methyl sites for hydroxylation is 1. The van der Waals surface area contributed by atoms with Crippen LogP contribution in [-0.2, 0) is 0 Å². The number of nitrogens with one attached hydrogen (secondary N) is 1. The molecule has 4 N–H and O–H groups in total. The van der Waals surface area contributed by atoms with Crippen LogP contribution >= 0.6 is 0 Å². The second-order valence-electron chi connectivity index (χ2n) is 4.75. The first-order chi connectivity index (χ1) is 7.49. The van der Waals surface area contributed by atoms with Crippen LogP contribution in [0, 0.1) is 12.8 Å². The Labute approximate surface area is 97.7 Å². The van der Waals surface area contributed by atoms with Crippen LogP contribution in [0.3, 0.4) is 0 Å². The van der Waals surface area contributed by atoms with E-state index in [9.17, 15) is 5.11 Å². The van der Waals surface area contributed by atoms with Gasteiger partial charge in [0, 0.05) is 6.54 Å². The summed E-state index contributed by atoms with van der Waals surface area (Å²) >= 11 is 0. The van der Waals surface area contributed by atoms with E-state index in [1.165, 1.54) is 0 Å². The number of hydrogen-bond donors (Lipinski definition) is 3. The van der Waals surface area contributed by atoms with E-state index in [0.717, 1.165) is 23.4 Å². The third-order valence-electron chi connectivity index (χ3n) is 2.48. The van der Waals surface area contributed by atoms with Crippen molar-refractivity contribution in [3.8, 4) is 0 Å². The molecule has 3 nitrogen and oxygen atoms in total. The molecule has 0 bridgehead atoms. The molecule has 0 amide bonds. The number of nitrogens with two attached hydrogens (primary N) is 1. The van der Waals surface area contributed by atoms with E-state index in [-0.39, 0.29) is 6.10 Å². The second-order valence-corrected chi connectivity index (χ2v) is 4.75. The SMILES string of the molecule is Cc1ccc(N)c(NCC(O)CC(C)C)c1. The normalized spacial score (nSPS) is 12.8. The molecular formula is C13H22N2O. The zero-order chi connectivity index (χ0) is 12.1. The van der Waals surface area contributed by atoms with Crippen LogP contribution in [0.4, 0.5) is 11.4 Å². The summed E-state index contributed by atoms with van der Waals surface area (Å²) in [4.78, 5) is 0. The van der Waals surface area contributed by atoms with E-state index in [2.05, 4.69) is 19.2 Å². The average Bonchev–Trinajstić information content (AvgIpc) is 2.18. The fourth-order valence-electron chi connectivity index (χ4n) is 1.68. The number of nitrogen functional groups attached to an aromatic ring is 1. The minimum Gasteiger partial charge on any atom is -0.397 e. The predicted octanol–water partition coefficient (Wildman–Crippen LogP) is 2.40. The molecule has 0 saturated carbocycles. The highest BCUT2D eigenvalue weighted by molar-refractivity contribution is 5.66. The molecule has 0 aliphatic rings. The molecule has 1 unspecified atom stereocenters. The lowest BCUT2D eigenvalue weighted by Gasteiger charge is -2.16. The third-order valence-corrected chi connectivity index (χ3v) is 2.48. The molecule has 1 aromatic rings. The predicted molar refractivity (Wildman–Crippen MR) is 69.5 cm³/mol. The lowest BCUT2D eigenvalue weighted by atomic mass is 10.1. The van der Waals surface area contributed by atoms with Crippen molar-refractivity contribution in [3.05, 3.63) is 23.8 Å². The Balaban J connectivity index is 2.51. The van der Waals surface area contributed by atoms with Gasteiger partial charge in [-0.05, 0) is 37.0 Å². The van der Waals surface area contributed by atoms with Crippen molar-refractivity contribution >= 4 is 11.4 Å². The Kier molecular flexibility index (Phi) is 4.62. The summed E-state index contributed by atoms with van der Waals surface area (Å²) in [5.74, 6) is 0.506. The van der Waals surface area contributed by atoms with Crippen molar-refractivity contribution in [1.82, 2.24) is 0 Å². The number of rotatable bonds is 5. The Bertz CT molecular complexity index is 337. The molecular weight excluding hydrogens is 200 g/mol. The maximum absolute atomic E-state index is 9.74. The van der Waals surface area contributed by atoms with Crippen LogP contribution in [0.1, 0.15) is 25.8 Å². The van der Waals surface area contributed by atoms with E-state index in [1.54, 1.807) is 0 Å². The van der Waals surface area contributed by atoms with E-state index < -0.39 is 0 Å². The van der Waals surface area contributed by atoms with Gasteiger partial charge >= 0.3 is 0 Å². The number of anilines is 2. The van der Waals surface area contributed by atoms with Crippen LogP contribution in [0.25, 0.3) is 0 Å². The molecule has 16 heavy (non-hydrogen) atoms. The fraction of sp³-hybridized carbons (Fsp3) is 0.538. The first-order valence-electron chi connectivity index (χ1n) is 5.77. The smallest absolute Gasteiger partial charge is 0.0715 e. The molecule has 3 heteroatoms. The first kappa shape index (κ1) is 12.8. The van der Waals surface area contributed by atoms with Gasteiger partial charge in [-0.3, -0.25) is 0 Å². The lowest BCUT2D eigenvalue weighted by molar-refractivity contribution is 0.161. The monoisotopic (exact) mass is 222 g/mol. The summed E-state index contributed by atoms with van der Waals surface area (Å²) in [5.41, 5.74) is 8.62. The topological polar surface area (TPSA) is 58.3 Å². The minimum absolute atomic E-state index is 0.320. The maximum Gasteiger partial charge on any atom is 0.0715 e. The quantitative estimate of drug-likeness (QED) is 0.670. The Morgan fingerprint density at radius 3 is 2.69 bits per heavy atom. The summed E-state index contributed by atoms with van der Waals surface area (Å²) in [6.45, 7) is 6.77. The van der Waals surface area contributed by atoms with E-state index >= 15 is 0 Å². The van der Waals surface area contributed by atoms with Crippen LogP contribution < -0.4 is 11.1 Å². The largest absolute Gasteiger partial charge is 0.397 e. The number of aliphatic hydroxyl groups excluding tert-OH is 1. The van der Waals surface area contributed by atoms with Gasteiger partial charge in [-0.2, -0.15) is 0 Å². The average molecular weight is 222 g/mol. The molecule has 0 radical (unpaired) electrons. The highest BCUT2D eigenvalue weighted by Crippen LogP contribution is 2.19. The highest BCUT2D eigenvalue weighted by Gasteiger charge is 2.07. The van der Waals surface area contributed by atoms with Crippen molar-refractivity contribution in [1.29, 1.82) is 0 Å². The summed E-state index contributed by atoms with van der Waals surface area (Å²) in [7, 11) is 0. The van der Waals surface area contributed by atoms with E-state index in [1.807, 2.05) is 25.1 Å². The van der Waals surface area contributed by atoms with Gasteiger partial charge in [0.25, 0.3) is 0 Å². The zero-order valence-corrected chi connectivity index (χ0v) is 10.3. The molecule has 0 saturated heterocycles. The van der Waals surface area contributed by atoms with Crippen LogP contribution in [0.2, 0.25) is 0 Å². The Hall–Kier alpha value is -1.22. The van der Waals surface area contributed by atoms with Gasteiger partial charge in [0.2, 0.25) is 0 Å². The van der Waals surface area contributed by atoms with Crippen molar-refractivity contribution in [2.24, 2.45) is 5.92 Å². The summed E-state index contributed by atoms with van der Waals surface area (Å²) in [5, 5.41) is 12.9. The van der Waals surface area contributed by atoms with Gasteiger partial charge in [0.1, 0.15) is 0 Å². The molecule has 1 rings (SSSR count). The van der Waals surface area contributed by atoms with Crippen molar-refractivity contribution < 1.29 is 5.11 Å². The van der Waals surface area contributed by atoms with Crippen LogP contribution in [0.15, 0.2) is 18.2 Å². The zero-order valence-electron chi connectivity index (χ0n) is 10.3. The van der Waals surface area contributed by atoms with Crippen LogP contribution in [-0.4, -0.2) is 17.8 Å². The van der Waals surface area contributed by atoms with Gasteiger partial charge in [-0.1, -0.05) is 19.9 Å².